The Balaban J connectivity index is 5.04. The van der Waals surface area contributed by atoms with Crippen molar-refractivity contribution in [3.05, 3.63) is 0 Å². The van der Waals surface area contributed by atoms with Crippen molar-refractivity contribution >= 4 is 0 Å². The van der Waals surface area contributed by atoms with Gasteiger partial charge in [-0.3, -0.25) is 0 Å². The highest BCUT2D eigenvalue weighted by atomic mass is 16.6. The predicted molar refractivity (Wildman–Crippen MR) is 75.8 cm³/mol. The zero-order chi connectivity index (χ0) is 14.6. The van der Waals surface area contributed by atoms with Crippen LogP contribution in [0.4, 0.5) is 0 Å². The van der Waals surface area contributed by atoms with Gasteiger partial charge in [0.2, 0.25) is 0 Å². The number of aliphatic hydroxyl groups excluding tert-OH is 1. The van der Waals surface area contributed by atoms with E-state index in [4.69, 9.17) is 9.47 Å². The first kappa shape index (κ1) is 17.9. The molecular weight excluding hydrogens is 228 g/mol. The van der Waals surface area contributed by atoms with Crippen molar-refractivity contribution in [2.45, 2.75) is 78.6 Å². The van der Waals surface area contributed by atoms with Gasteiger partial charge in [-0.2, -0.15) is 0 Å². The van der Waals surface area contributed by atoms with Crippen LogP contribution < -0.4 is 0 Å². The van der Waals surface area contributed by atoms with Crippen molar-refractivity contribution in [1.82, 2.24) is 0 Å². The molecule has 0 spiro atoms. The van der Waals surface area contributed by atoms with E-state index in [0.717, 1.165) is 12.8 Å². The largest absolute Gasteiger partial charge is 0.396 e. The first-order valence-corrected chi connectivity index (χ1v) is 6.96. The summed E-state index contributed by atoms with van der Waals surface area (Å²) in [6.45, 7) is 14.6. The van der Waals surface area contributed by atoms with Crippen LogP contribution in [0.3, 0.4) is 0 Å². The Kier molecular flexibility index (Phi) is 6.31. The van der Waals surface area contributed by atoms with Gasteiger partial charge in [-0.25, -0.2) is 0 Å². The minimum atomic E-state index is -0.365. The molecule has 1 N–H and O–H groups in total. The van der Waals surface area contributed by atoms with Gasteiger partial charge in [-0.1, -0.05) is 27.7 Å². The van der Waals surface area contributed by atoms with Crippen molar-refractivity contribution in [2.75, 3.05) is 13.7 Å². The molecule has 0 fully saturated rings. The van der Waals surface area contributed by atoms with E-state index in [1.165, 1.54) is 0 Å². The number of hydrogen-bond acceptors (Lipinski definition) is 3. The Morgan fingerprint density at radius 1 is 1.06 bits per heavy atom. The Bertz CT molecular complexity index is 246. The maximum atomic E-state index is 9.58. The van der Waals surface area contributed by atoms with E-state index in [1.54, 1.807) is 7.11 Å². The van der Waals surface area contributed by atoms with Gasteiger partial charge in [0.05, 0.1) is 23.9 Å². The fourth-order valence-electron chi connectivity index (χ4n) is 2.00. The molecular formula is C15H32O3. The molecule has 3 heteroatoms. The van der Waals surface area contributed by atoms with Crippen LogP contribution in [0.15, 0.2) is 0 Å². The molecule has 0 bridgehead atoms. The van der Waals surface area contributed by atoms with Crippen LogP contribution >= 0.6 is 0 Å². The Hall–Kier alpha value is -0.120. The molecule has 0 amide bonds. The summed E-state index contributed by atoms with van der Waals surface area (Å²) in [6, 6.07) is 0. The zero-order valence-electron chi connectivity index (χ0n) is 13.5. The summed E-state index contributed by atoms with van der Waals surface area (Å²) < 4.78 is 11.9. The summed E-state index contributed by atoms with van der Waals surface area (Å²) in [5, 5.41) is 9.58. The van der Waals surface area contributed by atoms with Crippen LogP contribution in [-0.2, 0) is 9.47 Å². The second-order valence-electron chi connectivity index (χ2n) is 6.26. The molecule has 110 valence electrons. The van der Waals surface area contributed by atoms with E-state index in [1.807, 2.05) is 20.8 Å². The predicted octanol–water partition coefficient (Wildman–Crippen LogP) is 3.39. The van der Waals surface area contributed by atoms with Crippen LogP contribution in [-0.4, -0.2) is 36.1 Å². The summed E-state index contributed by atoms with van der Waals surface area (Å²) in [5.41, 5.74) is -0.934. The van der Waals surface area contributed by atoms with Crippen LogP contribution in [0.1, 0.15) is 61.3 Å². The lowest BCUT2D eigenvalue weighted by molar-refractivity contribution is -0.210. The standard InChI is InChI=1S/C15H32O3/c1-9-14(6,17-8)12(3)18-15(7,10-2)13(4,5)11-16/h12,16H,9-11H2,1-8H3. The summed E-state index contributed by atoms with van der Waals surface area (Å²) in [6.07, 6.45) is 1.72. The van der Waals surface area contributed by atoms with E-state index in [0.29, 0.717) is 0 Å². The molecule has 0 saturated heterocycles. The number of rotatable bonds is 8. The highest BCUT2D eigenvalue weighted by molar-refractivity contribution is 4.93. The van der Waals surface area contributed by atoms with Gasteiger partial charge in [-0.15, -0.1) is 0 Å². The third kappa shape index (κ3) is 3.46. The first-order valence-electron chi connectivity index (χ1n) is 6.96. The monoisotopic (exact) mass is 260 g/mol. The Labute approximate surface area is 113 Å². The fourth-order valence-corrected chi connectivity index (χ4v) is 2.00. The molecule has 3 unspecified atom stereocenters. The topological polar surface area (TPSA) is 38.7 Å². The van der Waals surface area contributed by atoms with Crippen molar-refractivity contribution in [1.29, 1.82) is 0 Å². The number of hydrogen-bond donors (Lipinski definition) is 1. The highest BCUT2D eigenvalue weighted by Crippen LogP contribution is 2.39. The number of ether oxygens (including phenoxy) is 2. The van der Waals surface area contributed by atoms with Gasteiger partial charge in [0, 0.05) is 12.5 Å². The molecule has 0 heterocycles. The van der Waals surface area contributed by atoms with Crippen molar-refractivity contribution in [2.24, 2.45) is 5.41 Å². The molecule has 0 rings (SSSR count). The maximum absolute atomic E-state index is 9.58. The van der Waals surface area contributed by atoms with Crippen LogP contribution in [0.2, 0.25) is 0 Å². The SMILES string of the molecule is CCC(C)(OC)C(C)OC(C)(CC)C(C)(C)CO. The van der Waals surface area contributed by atoms with E-state index >= 15 is 0 Å². The smallest absolute Gasteiger partial charge is 0.0906 e. The van der Waals surface area contributed by atoms with Crippen molar-refractivity contribution < 1.29 is 14.6 Å². The normalized spacial score (nSPS) is 21.2. The maximum Gasteiger partial charge on any atom is 0.0906 e. The fraction of sp³-hybridized carbons (Fsp3) is 1.00. The van der Waals surface area contributed by atoms with Crippen LogP contribution in [0.25, 0.3) is 0 Å². The third-order valence-electron chi connectivity index (χ3n) is 4.97. The first-order chi connectivity index (χ1) is 8.12. The van der Waals surface area contributed by atoms with Crippen molar-refractivity contribution in [3.63, 3.8) is 0 Å². The van der Waals surface area contributed by atoms with E-state index in [9.17, 15) is 5.11 Å². The average Bonchev–Trinajstić information content (AvgIpc) is 2.36. The molecule has 0 aliphatic rings. The summed E-state index contributed by atoms with van der Waals surface area (Å²) in [5.74, 6) is 0. The highest BCUT2D eigenvalue weighted by Gasteiger charge is 2.44. The van der Waals surface area contributed by atoms with E-state index in [2.05, 4.69) is 27.7 Å². The summed E-state index contributed by atoms with van der Waals surface area (Å²) in [7, 11) is 1.73. The lowest BCUT2D eigenvalue weighted by Crippen LogP contribution is -2.52. The Morgan fingerprint density at radius 3 is 1.83 bits per heavy atom. The summed E-state index contributed by atoms with van der Waals surface area (Å²) in [4.78, 5) is 0. The molecule has 0 aliphatic heterocycles. The van der Waals surface area contributed by atoms with Gasteiger partial charge >= 0.3 is 0 Å². The second-order valence-corrected chi connectivity index (χ2v) is 6.26. The second kappa shape index (κ2) is 6.36. The van der Waals surface area contributed by atoms with Gasteiger partial charge in [0.25, 0.3) is 0 Å². The molecule has 0 aromatic carbocycles. The summed E-state index contributed by atoms with van der Waals surface area (Å²) >= 11 is 0. The lowest BCUT2D eigenvalue weighted by Gasteiger charge is -2.47. The van der Waals surface area contributed by atoms with Crippen molar-refractivity contribution in [3.8, 4) is 0 Å². The van der Waals surface area contributed by atoms with Gasteiger partial charge in [-0.05, 0) is 33.6 Å². The van der Waals surface area contributed by atoms with Gasteiger partial charge < -0.3 is 14.6 Å². The molecule has 0 aromatic heterocycles. The minimum Gasteiger partial charge on any atom is -0.396 e. The van der Waals surface area contributed by atoms with Gasteiger partial charge in [0.1, 0.15) is 0 Å². The molecule has 3 nitrogen and oxygen atoms in total. The average molecular weight is 260 g/mol. The number of methoxy groups -OCH3 is 1. The lowest BCUT2D eigenvalue weighted by atomic mass is 9.74. The van der Waals surface area contributed by atoms with Crippen LogP contribution in [0, 0.1) is 5.41 Å². The number of aliphatic hydroxyl groups is 1. The third-order valence-corrected chi connectivity index (χ3v) is 4.97. The van der Waals surface area contributed by atoms with E-state index < -0.39 is 0 Å². The molecule has 18 heavy (non-hydrogen) atoms. The zero-order valence-corrected chi connectivity index (χ0v) is 13.5. The molecule has 0 saturated carbocycles. The van der Waals surface area contributed by atoms with Gasteiger partial charge in [0.15, 0.2) is 0 Å². The molecule has 0 radical (unpaired) electrons. The minimum absolute atomic E-state index is 0.0247. The molecule has 0 aromatic rings. The van der Waals surface area contributed by atoms with E-state index in [-0.39, 0.29) is 29.3 Å². The van der Waals surface area contributed by atoms with Crippen LogP contribution in [0.5, 0.6) is 0 Å². The molecule has 0 aliphatic carbocycles. The quantitative estimate of drug-likeness (QED) is 0.727. The molecule has 3 atom stereocenters. The Morgan fingerprint density at radius 2 is 1.56 bits per heavy atom.